The number of benzene rings is 3. The average molecular weight is 464 g/mol. The fourth-order valence-electron chi connectivity index (χ4n) is 3.11. The van der Waals surface area contributed by atoms with Gasteiger partial charge >= 0.3 is 11.9 Å². The normalized spacial score (nSPS) is 14.0. The van der Waals surface area contributed by atoms with Crippen LogP contribution in [0.4, 0.5) is 0 Å². The number of nitrogens with zero attached hydrogens (tertiary/aromatic N) is 1. The topological polar surface area (TPSA) is 83.4 Å². The van der Waals surface area contributed by atoms with E-state index in [1.807, 2.05) is 0 Å². The lowest BCUT2D eigenvalue weighted by molar-refractivity contribution is -0.129. The number of hydrogen-bond donors (Lipinski definition) is 0. The molecule has 0 saturated heterocycles. The Morgan fingerprint density at radius 1 is 0.939 bits per heavy atom. The molecular formula is C25H18ClNO6. The summed E-state index contributed by atoms with van der Waals surface area (Å²) in [5.74, 6) is -0.0519. The maximum Gasteiger partial charge on any atom is 0.363 e. The van der Waals surface area contributed by atoms with Crippen LogP contribution >= 0.6 is 11.6 Å². The van der Waals surface area contributed by atoms with Gasteiger partial charge in [-0.1, -0.05) is 29.8 Å². The number of ether oxygens (including phenoxy) is 4. The number of esters is 2. The average Bonchev–Trinajstić information content (AvgIpc) is 3.20. The van der Waals surface area contributed by atoms with Crippen molar-refractivity contribution in [1.29, 1.82) is 0 Å². The number of carbonyl (C=O) groups excluding carboxylic acids is 2. The largest absolute Gasteiger partial charge is 0.496 e. The van der Waals surface area contributed by atoms with E-state index < -0.39 is 11.9 Å². The molecule has 3 aromatic rings. The Morgan fingerprint density at radius 3 is 2.39 bits per heavy atom. The SMILES string of the molecule is COc1cc(C=C2N=C(c3ccc(Cl)cc3)OC2=O)ccc1OC(=O)c1ccccc1OC. The number of cyclic esters (lactones) is 1. The number of para-hydroxylation sites is 1. The minimum Gasteiger partial charge on any atom is -0.496 e. The second kappa shape index (κ2) is 9.58. The Labute approximate surface area is 194 Å². The molecule has 3 aromatic carbocycles. The second-order valence-corrected chi connectivity index (χ2v) is 7.28. The van der Waals surface area contributed by atoms with E-state index in [4.69, 9.17) is 30.5 Å². The zero-order valence-electron chi connectivity index (χ0n) is 17.7. The lowest BCUT2D eigenvalue weighted by atomic mass is 10.1. The maximum absolute atomic E-state index is 12.6. The Balaban J connectivity index is 1.58. The molecule has 1 aliphatic heterocycles. The van der Waals surface area contributed by atoms with Crippen LogP contribution in [0.15, 0.2) is 77.4 Å². The zero-order valence-corrected chi connectivity index (χ0v) is 18.5. The van der Waals surface area contributed by atoms with Gasteiger partial charge in [0, 0.05) is 10.6 Å². The van der Waals surface area contributed by atoms with Gasteiger partial charge < -0.3 is 18.9 Å². The maximum atomic E-state index is 12.6. The summed E-state index contributed by atoms with van der Waals surface area (Å²) in [6, 6.07) is 18.4. The Morgan fingerprint density at radius 2 is 1.67 bits per heavy atom. The molecule has 0 atom stereocenters. The van der Waals surface area contributed by atoms with Crippen LogP contribution in [0.25, 0.3) is 6.08 Å². The highest BCUT2D eigenvalue weighted by atomic mass is 35.5. The zero-order chi connectivity index (χ0) is 23.4. The van der Waals surface area contributed by atoms with Crippen LogP contribution in [0.5, 0.6) is 17.2 Å². The summed E-state index contributed by atoms with van der Waals surface area (Å²) >= 11 is 5.90. The first kappa shape index (κ1) is 22.1. The third-order valence-corrected chi connectivity index (χ3v) is 4.98. The van der Waals surface area contributed by atoms with Crippen molar-refractivity contribution >= 4 is 35.5 Å². The van der Waals surface area contributed by atoms with Gasteiger partial charge in [-0.3, -0.25) is 0 Å². The van der Waals surface area contributed by atoms with Gasteiger partial charge in [-0.05, 0) is 60.2 Å². The molecule has 0 spiro atoms. The number of rotatable bonds is 6. The van der Waals surface area contributed by atoms with E-state index in [0.29, 0.717) is 27.6 Å². The van der Waals surface area contributed by atoms with Crippen LogP contribution in [0.1, 0.15) is 21.5 Å². The van der Waals surface area contributed by atoms with Crippen LogP contribution in [0.2, 0.25) is 5.02 Å². The Kier molecular flexibility index (Phi) is 6.42. The van der Waals surface area contributed by atoms with Crippen molar-refractivity contribution in [2.24, 2.45) is 4.99 Å². The summed E-state index contributed by atoms with van der Waals surface area (Å²) in [4.78, 5) is 29.1. The van der Waals surface area contributed by atoms with Crippen LogP contribution in [0.3, 0.4) is 0 Å². The molecule has 0 aromatic heterocycles. The monoisotopic (exact) mass is 463 g/mol. The summed E-state index contributed by atoms with van der Waals surface area (Å²) in [6.07, 6.45) is 1.56. The minimum absolute atomic E-state index is 0.126. The van der Waals surface area contributed by atoms with Crippen LogP contribution in [-0.4, -0.2) is 32.1 Å². The van der Waals surface area contributed by atoms with Crippen LogP contribution in [-0.2, 0) is 9.53 Å². The summed E-state index contributed by atoms with van der Waals surface area (Å²) in [6.45, 7) is 0. The quantitative estimate of drug-likeness (QED) is 0.293. The molecule has 0 unspecified atom stereocenters. The molecule has 0 fully saturated rings. The van der Waals surface area contributed by atoms with Gasteiger partial charge in [-0.2, -0.15) is 0 Å². The number of aliphatic imine (C=N–C) groups is 1. The summed E-state index contributed by atoms with van der Waals surface area (Å²) in [7, 11) is 2.93. The molecule has 0 amide bonds. The van der Waals surface area contributed by atoms with Crippen LogP contribution in [0, 0.1) is 0 Å². The standard InChI is InChI=1S/C25H18ClNO6/c1-30-20-6-4-3-5-18(20)24(28)32-21-12-7-15(14-22(21)31-2)13-19-25(29)33-23(27-19)16-8-10-17(26)11-9-16/h3-14H,1-2H3. The Hall–Kier alpha value is -4.10. The molecule has 0 N–H and O–H groups in total. The lowest BCUT2D eigenvalue weighted by Gasteiger charge is -2.11. The molecule has 0 saturated carbocycles. The van der Waals surface area contributed by atoms with Crippen molar-refractivity contribution < 1.29 is 28.5 Å². The molecule has 166 valence electrons. The highest BCUT2D eigenvalue weighted by molar-refractivity contribution is 6.30. The lowest BCUT2D eigenvalue weighted by Crippen LogP contribution is -2.10. The molecule has 1 aliphatic rings. The third-order valence-electron chi connectivity index (χ3n) is 4.73. The van der Waals surface area contributed by atoms with Crippen molar-refractivity contribution in [3.05, 3.63) is 94.1 Å². The highest BCUT2D eigenvalue weighted by Gasteiger charge is 2.24. The van der Waals surface area contributed by atoms with Crippen molar-refractivity contribution in [1.82, 2.24) is 0 Å². The Bertz CT molecular complexity index is 1280. The number of halogens is 1. The molecule has 1 heterocycles. The number of methoxy groups -OCH3 is 2. The van der Waals surface area contributed by atoms with Gasteiger partial charge in [-0.25, -0.2) is 14.6 Å². The van der Waals surface area contributed by atoms with Gasteiger partial charge in [0.25, 0.3) is 0 Å². The van der Waals surface area contributed by atoms with E-state index >= 15 is 0 Å². The van der Waals surface area contributed by atoms with E-state index in [1.54, 1.807) is 72.8 Å². The number of carbonyl (C=O) groups is 2. The number of hydrogen-bond acceptors (Lipinski definition) is 7. The molecule has 0 bridgehead atoms. The molecule has 0 radical (unpaired) electrons. The first-order valence-corrected chi connectivity index (χ1v) is 10.2. The van der Waals surface area contributed by atoms with E-state index in [1.165, 1.54) is 14.2 Å². The summed E-state index contributed by atoms with van der Waals surface area (Å²) < 4.78 is 21.3. The molecule has 4 rings (SSSR count). The predicted molar refractivity (Wildman–Crippen MR) is 123 cm³/mol. The van der Waals surface area contributed by atoms with Crippen molar-refractivity contribution in [3.63, 3.8) is 0 Å². The molecule has 0 aliphatic carbocycles. The fraction of sp³-hybridized carbons (Fsp3) is 0.0800. The molecular weight excluding hydrogens is 446 g/mol. The minimum atomic E-state index is -0.589. The van der Waals surface area contributed by atoms with E-state index in [-0.39, 0.29) is 22.9 Å². The van der Waals surface area contributed by atoms with E-state index in [2.05, 4.69) is 4.99 Å². The second-order valence-electron chi connectivity index (χ2n) is 6.84. The van der Waals surface area contributed by atoms with E-state index in [9.17, 15) is 9.59 Å². The smallest absolute Gasteiger partial charge is 0.363 e. The van der Waals surface area contributed by atoms with Gasteiger partial charge in [0.1, 0.15) is 11.3 Å². The van der Waals surface area contributed by atoms with Crippen molar-refractivity contribution in [2.45, 2.75) is 0 Å². The van der Waals surface area contributed by atoms with E-state index in [0.717, 1.165) is 0 Å². The summed E-state index contributed by atoms with van der Waals surface area (Å²) in [5, 5.41) is 0.568. The first-order chi connectivity index (χ1) is 16.0. The highest BCUT2D eigenvalue weighted by Crippen LogP contribution is 2.31. The molecule has 8 heteroatoms. The van der Waals surface area contributed by atoms with Gasteiger partial charge in [0.2, 0.25) is 5.90 Å². The molecule has 7 nitrogen and oxygen atoms in total. The molecule has 33 heavy (non-hydrogen) atoms. The third kappa shape index (κ3) is 4.88. The predicted octanol–water partition coefficient (Wildman–Crippen LogP) is 4.92. The fourth-order valence-corrected chi connectivity index (χ4v) is 3.24. The van der Waals surface area contributed by atoms with Crippen LogP contribution < -0.4 is 14.2 Å². The van der Waals surface area contributed by atoms with Gasteiger partial charge in [0.05, 0.1) is 14.2 Å². The van der Waals surface area contributed by atoms with Crippen molar-refractivity contribution in [2.75, 3.05) is 14.2 Å². The van der Waals surface area contributed by atoms with Crippen molar-refractivity contribution in [3.8, 4) is 17.2 Å². The van der Waals surface area contributed by atoms with Gasteiger partial charge in [-0.15, -0.1) is 0 Å². The summed E-state index contributed by atoms with van der Waals surface area (Å²) in [5.41, 5.74) is 1.65. The first-order valence-electron chi connectivity index (χ1n) is 9.80. The van der Waals surface area contributed by atoms with Gasteiger partial charge in [0.15, 0.2) is 17.2 Å².